The van der Waals surface area contributed by atoms with Crippen molar-refractivity contribution in [1.82, 2.24) is 0 Å². The summed E-state index contributed by atoms with van der Waals surface area (Å²) in [7, 11) is 0. The van der Waals surface area contributed by atoms with Crippen LogP contribution in [0.5, 0.6) is 0 Å². The summed E-state index contributed by atoms with van der Waals surface area (Å²) in [6.45, 7) is 0. The predicted molar refractivity (Wildman–Crippen MR) is 61.2 cm³/mol. The molecule has 17 heavy (non-hydrogen) atoms. The lowest BCUT2D eigenvalue weighted by Crippen LogP contribution is -2.23. The Bertz CT molecular complexity index is 581. The summed E-state index contributed by atoms with van der Waals surface area (Å²) in [6, 6.07) is 10.7. The number of hydrogen-bond acceptors (Lipinski definition) is 2. The minimum Gasteiger partial charge on any atom is -0.545 e. The van der Waals surface area contributed by atoms with E-state index in [1.54, 1.807) is 24.3 Å². The summed E-state index contributed by atoms with van der Waals surface area (Å²) in [5.41, 5.74) is 0.718. The number of benzene rings is 2. The minimum atomic E-state index is -1.54. The van der Waals surface area contributed by atoms with E-state index in [1.807, 2.05) is 0 Å². The molecule has 4 heteroatoms. The van der Waals surface area contributed by atoms with Gasteiger partial charge in [0.25, 0.3) is 0 Å². The van der Waals surface area contributed by atoms with Gasteiger partial charge in [0.1, 0.15) is 5.82 Å². The highest BCUT2D eigenvalue weighted by molar-refractivity contribution is 6.33. The van der Waals surface area contributed by atoms with Crippen LogP contribution in [0.4, 0.5) is 4.39 Å². The SMILES string of the molecule is O=C([O-])c1cc(-c2ccccc2Cl)ccc1F. The molecule has 0 unspecified atom stereocenters. The van der Waals surface area contributed by atoms with Crippen LogP contribution in [0.1, 0.15) is 10.4 Å². The van der Waals surface area contributed by atoms with Gasteiger partial charge in [0.2, 0.25) is 0 Å². The number of hydrogen-bond donors (Lipinski definition) is 0. The van der Waals surface area contributed by atoms with Crippen LogP contribution in [0.15, 0.2) is 42.5 Å². The molecule has 0 bridgehead atoms. The Balaban J connectivity index is 2.58. The van der Waals surface area contributed by atoms with Gasteiger partial charge in [0.15, 0.2) is 0 Å². The van der Waals surface area contributed by atoms with Gasteiger partial charge in [0, 0.05) is 16.1 Å². The molecule has 2 nitrogen and oxygen atoms in total. The average molecular weight is 250 g/mol. The molecule has 0 fully saturated rings. The van der Waals surface area contributed by atoms with Crippen LogP contribution >= 0.6 is 11.6 Å². The lowest BCUT2D eigenvalue weighted by molar-refractivity contribution is -0.255. The Hall–Kier alpha value is -1.87. The fourth-order valence-corrected chi connectivity index (χ4v) is 1.79. The number of carbonyl (C=O) groups excluding carboxylic acids is 1. The Morgan fingerprint density at radius 1 is 1.18 bits per heavy atom. The zero-order valence-electron chi connectivity index (χ0n) is 8.61. The second-order valence-corrected chi connectivity index (χ2v) is 3.87. The van der Waals surface area contributed by atoms with Crippen molar-refractivity contribution < 1.29 is 14.3 Å². The van der Waals surface area contributed by atoms with E-state index in [-0.39, 0.29) is 0 Å². The van der Waals surface area contributed by atoms with Crippen LogP contribution in [0.2, 0.25) is 5.02 Å². The van der Waals surface area contributed by atoms with E-state index in [0.717, 1.165) is 6.07 Å². The third kappa shape index (κ3) is 2.29. The molecule has 0 aromatic heterocycles. The van der Waals surface area contributed by atoms with Crippen molar-refractivity contribution in [3.05, 3.63) is 58.9 Å². The van der Waals surface area contributed by atoms with Crippen molar-refractivity contribution in [2.45, 2.75) is 0 Å². The Morgan fingerprint density at radius 2 is 1.88 bits per heavy atom. The number of aromatic carboxylic acids is 1. The largest absolute Gasteiger partial charge is 0.545 e. The monoisotopic (exact) mass is 249 g/mol. The normalized spacial score (nSPS) is 10.2. The van der Waals surface area contributed by atoms with Crippen molar-refractivity contribution in [1.29, 1.82) is 0 Å². The van der Waals surface area contributed by atoms with Gasteiger partial charge in [-0.3, -0.25) is 0 Å². The number of rotatable bonds is 2. The second-order valence-electron chi connectivity index (χ2n) is 3.46. The van der Waals surface area contributed by atoms with Gasteiger partial charge < -0.3 is 9.90 Å². The van der Waals surface area contributed by atoms with Crippen LogP contribution in [0, 0.1) is 5.82 Å². The zero-order chi connectivity index (χ0) is 12.4. The molecule has 2 aromatic carbocycles. The summed E-state index contributed by atoms with van der Waals surface area (Å²) >= 11 is 5.97. The van der Waals surface area contributed by atoms with Gasteiger partial charge in [-0.2, -0.15) is 0 Å². The summed E-state index contributed by atoms with van der Waals surface area (Å²) in [6.07, 6.45) is 0. The van der Waals surface area contributed by atoms with Crippen LogP contribution < -0.4 is 5.11 Å². The molecule has 0 amide bonds. The Labute approximate surface area is 102 Å². The molecular weight excluding hydrogens is 243 g/mol. The highest BCUT2D eigenvalue weighted by Crippen LogP contribution is 2.28. The number of halogens is 2. The molecule has 0 aliphatic carbocycles. The van der Waals surface area contributed by atoms with Crippen molar-refractivity contribution in [3.8, 4) is 11.1 Å². The van der Waals surface area contributed by atoms with Gasteiger partial charge in [-0.05, 0) is 23.8 Å². The summed E-state index contributed by atoms with van der Waals surface area (Å²) < 4.78 is 13.2. The van der Waals surface area contributed by atoms with Crippen LogP contribution in [-0.2, 0) is 0 Å². The number of carboxylic acid groups (broad SMARTS) is 1. The first kappa shape index (κ1) is 11.6. The third-order valence-electron chi connectivity index (χ3n) is 2.37. The van der Waals surface area contributed by atoms with Gasteiger partial charge >= 0.3 is 0 Å². The topological polar surface area (TPSA) is 40.1 Å². The molecular formula is C13H7ClFO2-. The molecule has 0 spiro atoms. The maximum atomic E-state index is 13.2. The van der Waals surface area contributed by atoms with E-state index in [9.17, 15) is 14.3 Å². The molecule has 0 atom stereocenters. The standard InChI is InChI=1S/C13H8ClFO2/c14-11-4-2-1-3-9(11)8-5-6-12(15)10(7-8)13(16)17/h1-7H,(H,16,17)/p-1. The van der Waals surface area contributed by atoms with Gasteiger partial charge in [-0.1, -0.05) is 35.9 Å². The van der Waals surface area contributed by atoms with E-state index >= 15 is 0 Å². The quantitative estimate of drug-likeness (QED) is 0.820. The van der Waals surface area contributed by atoms with Crippen molar-refractivity contribution in [2.24, 2.45) is 0 Å². The third-order valence-corrected chi connectivity index (χ3v) is 2.70. The smallest absolute Gasteiger partial charge is 0.132 e. The Morgan fingerprint density at radius 3 is 2.53 bits per heavy atom. The van der Waals surface area contributed by atoms with E-state index in [1.165, 1.54) is 12.1 Å². The fourth-order valence-electron chi connectivity index (χ4n) is 1.54. The highest BCUT2D eigenvalue weighted by atomic mass is 35.5. The van der Waals surface area contributed by atoms with E-state index in [0.29, 0.717) is 16.1 Å². The van der Waals surface area contributed by atoms with E-state index in [2.05, 4.69) is 0 Å². The van der Waals surface area contributed by atoms with Crippen LogP contribution in [-0.4, -0.2) is 5.97 Å². The molecule has 0 radical (unpaired) electrons. The number of carbonyl (C=O) groups is 1. The van der Waals surface area contributed by atoms with Crippen LogP contribution in [0.25, 0.3) is 11.1 Å². The Kier molecular flexibility index (Phi) is 3.11. The second kappa shape index (κ2) is 4.55. The van der Waals surface area contributed by atoms with Gasteiger partial charge in [0.05, 0.1) is 5.97 Å². The molecule has 0 aliphatic rings. The minimum absolute atomic E-state index is 0.470. The number of carboxylic acids is 1. The predicted octanol–water partition coefficient (Wildman–Crippen LogP) is 2.51. The lowest BCUT2D eigenvalue weighted by atomic mass is 10.0. The molecule has 86 valence electrons. The summed E-state index contributed by atoms with van der Waals surface area (Å²) in [5.74, 6) is -2.36. The molecule has 0 heterocycles. The molecule has 2 rings (SSSR count). The molecule has 0 aliphatic heterocycles. The lowest BCUT2D eigenvalue weighted by Gasteiger charge is -2.08. The van der Waals surface area contributed by atoms with Crippen molar-refractivity contribution in [3.63, 3.8) is 0 Å². The van der Waals surface area contributed by atoms with Crippen molar-refractivity contribution in [2.75, 3.05) is 0 Å². The zero-order valence-corrected chi connectivity index (χ0v) is 9.37. The maximum Gasteiger partial charge on any atom is 0.132 e. The van der Waals surface area contributed by atoms with Crippen molar-refractivity contribution >= 4 is 17.6 Å². The van der Waals surface area contributed by atoms with E-state index < -0.39 is 17.3 Å². The van der Waals surface area contributed by atoms with Crippen LogP contribution in [0.3, 0.4) is 0 Å². The average Bonchev–Trinajstić information content (AvgIpc) is 2.30. The summed E-state index contributed by atoms with van der Waals surface area (Å²) in [4.78, 5) is 10.7. The molecule has 0 saturated heterocycles. The maximum absolute atomic E-state index is 13.2. The molecule has 2 aromatic rings. The first-order valence-corrected chi connectivity index (χ1v) is 5.23. The summed E-state index contributed by atoms with van der Waals surface area (Å²) in [5, 5.41) is 11.2. The molecule has 0 saturated carbocycles. The first-order chi connectivity index (χ1) is 8.09. The fraction of sp³-hybridized carbons (Fsp3) is 0. The first-order valence-electron chi connectivity index (χ1n) is 4.85. The van der Waals surface area contributed by atoms with E-state index in [4.69, 9.17) is 11.6 Å². The van der Waals surface area contributed by atoms with Gasteiger partial charge in [-0.15, -0.1) is 0 Å². The highest BCUT2D eigenvalue weighted by Gasteiger charge is 2.08. The molecule has 0 N–H and O–H groups in total. The van der Waals surface area contributed by atoms with Gasteiger partial charge in [-0.25, -0.2) is 4.39 Å².